The molecule has 4 aromatic rings. The van der Waals surface area contributed by atoms with E-state index in [0.717, 1.165) is 67.7 Å². The van der Waals surface area contributed by atoms with Crippen LogP contribution in [-0.4, -0.2) is 49.5 Å². The molecule has 5 N–H and O–H groups in total. The normalized spacial score (nSPS) is 22.2. The molecule has 0 aliphatic carbocycles. The lowest BCUT2D eigenvalue weighted by Gasteiger charge is -2.31. The van der Waals surface area contributed by atoms with Crippen molar-refractivity contribution in [1.29, 1.82) is 5.41 Å². The van der Waals surface area contributed by atoms with Gasteiger partial charge in [0.25, 0.3) is 0 Å². The minimum atomic E-state index is -0.268. The quantitative estimate of drug-likeness (QED) is 0.0790. The standard InChI is InChI=1S/C36H47N7OS/c1-2-3-7-18-42-23-26(20-25-9-5-4-6-10-25)21-33(42)32-22-28-24-43(36(44)41-34(28)40-32)30-15-13-27(14-16-30)31-12-8-11-29(39-31)17-19-45-35(37)38/h4-6,9-10,13-16,22,24,26,29,31,33,39H,2-3,7-8,11-12,17-21,23H2,1H3,(H3,37,38)(H,40,41,44)/t26-,29+,31+,33+/m1/s1. The van der Waals surface area contributed by atoms with Crippen LogP contribution in [0.4, 0.5) is 0 Å². The summed E-state index contributed by atoms with van der Waals surface area (Å²) in [6, 6.07) is 22.4. The first-order chi connectivity index (χ1) is 22.0. The Morgan fingerprint density at radius 3 is 2.71 bits per heavy atom. The van der Waals surface area contributed by atoms with Crippen LogP contribution in [0.25, 0.3) is 16.7 Å². The number of aromatic amines is 1. The maximum atomic E-state index is 13.2. The van der Waals surface area contributed by atoms with Crippen LogP contribution in [0.5, 0.6) is 0 Å². The van der Waals surface area contributed by atoms with Crippen molar-refractivity contribution in [1.82, 2.24) is 24.8 Å². The Labute approximate surface area is 270 Å². The fourth-order valence-electron chi connectivity index (χ4n) is 7.30. The number of benzene rings is 2. The van der Waals surface area contributed by atoms with Gasteiger partial charge in [-0.05, 0) is 80.3 Å². The number of amidine groups is 1. The van der Waals surface area contributed by atoms with E-state index in [4.69, 9.17) is 11.1 Å². The molecule has 0 spiro atoms. The maximum Gasteiger partial charge on any atom is 0.354 e. The van der Waals surface area contributed by atoms with Crippen LogP contribution in [0, 0.1) is 11.3 Å². The Bertz CT molecular complexity index is 1620. The molecule has 45 heavy (non-hydrogen) atoms. The van der Waals surface area contributed by atoms with E-state index in [2.05, 4.69) is 75.6 Å². The highest BCUT2D eigenvalue weighted by atomic mass is 32.2. The molecule has 0 radical (unpaired) electrons. The predicted molar refractivity (Wildman–Crippen MR) is 186 cm³/mol. The zero-order chi connectivity index (χ0) is 31.2. The van der Waals surface area contributed by atoms with Crippen LogP contribution in [0.15, 0.2) is 71.7 Å². The minimum Gasteiger partial charge on any atom is -0.379 e. The summed E-state index contributed by atoms with van der Waals surface area (Å²) >= 11 is 1.41. The van der Waals surface area contributed by atoms with Gasteiger partial charge in [0.15, 0.2) is 5.17 Å². The lowest BCUT2D eigenvalue weighted by molar-refractivity contribution is 0.245. The third-order valence-corrected chi connectivity index (χ3v) is 10.3. The SMILES string of the molecule is CCCCCN1C[C@H](Cc2ccccc2)C[C@H]1c1cc2cn(-c3ccc([C@@H]4CCC[C@@H](CCSC(=N)N)N4)cc3)c(=O)nc2[nH]1. The van der Waals surface area contributed by atoms with Crippen molar-refractivity contribution in [2.45, 2.75) is 82.8 Å². The summed E-state index contributed by atoms with van der Waals surface area (Å²) in [4.78, 5) is 23.9. The van der Waals surface area contributed by atoms with Crippen molar-refractivity contribution in [2.75, 3.05) is 18.8 Å². The fourth-order valence-corrected chi connectivity index (χ4v) is 7.92. The average molecular weight is 626 g/mol. The number of nitrogens with two attached hydrogens (primary N) is 1. The average Bonchev–Trinajstić information content (AvgIpc) is 3.64. The summed E-state index contributed by atoms with van der Waals surface area (Å²) < 4.78 is 1.67. The molecular formula is C36H47N7OS. The number of piperidine rings is 1. The van der Waals surface area contributed by atoms with E-state index in [-0.39, 0.29) is 10.9 Å². The summed E-state index contributed by atoms with van der Waals surface area (Å²) in [5.74, 6) is 1.47. The van der Waals surface area contributed by atoms with Gasteiger partial charge in [-0.1, -0.05) is 80.4 Å². The van der Waals surface area contributed by atoms with E-state index in [0.29, 0.717) is 29.7 Å². The highest BCUT2D eigenvalue weighted by Crippen LogP contribution is 2.38. The van der Waals surface area contributed by atoms with E-state index in [9.17, 15) is 4.79 Å². The van der Waals surface area contributed by atoms with E-state index in [1.54, 1.807) is 4.57 Å². The highest BCUT2D eigenvalue weighted by Gasteiger charge is 2.34. The Kier molecular flexibility index (Phi) is 10.4. The largest absolute Gasteiger partial charge is 0.379 e. The van der Waals surface area contributed by atoms with Gasteiger partial charge < -0.3 is 16.0 Å². The van der Waals surface area contributed by atoms with Crippen molar-refractivity contribution >= 4 is 28.0 Å². The molecule has 2 aliphatic heterocycles. The zero-order valence-corrected chi connectivity index (χ0v) is 27.2. The van der Waals surface area contributed by atoms with E-state index < -0.39 is 0 Å². The second-order valence-electron chi connectivity index (χ2n) is 12.9. The Balaban J connectivity index is 1.17. The Morgan fingerprint density at radius 1 is 1.11 bits per heavy atom. The molecule has 4 heterocycles. The number of H-pyrrole nitrogens is 1. The molecule has 8 nitrogen and oxygen atoms in total. The Morgan fingerprint density at radius 2 is 1.93 bits per heavy atom. The molecule has 238 valence electrons. The number of aromatic nitrogens is 3. The molecule has 2 aromatic carbocycles. The van der Waals surface area contributed by atoms with Crippen molar-refractivity contribution in [3.8, 4) is 5.69 Å². The summed E-state index contributed by atoms with van der Waals surface area (Å²) in [6.07, 6.45) is 12.2. The van der Waals surface area contributed by atoms with Crippen molar-refractivity contribution in [3.63, 3.8) is 0 Å². The van der Waals surface area contributed by atoms with Crippen molar-refractivity contribution < 1.29 is 0 Å². The second-order valence-corrected chi connectivity index (χ2v) is 14.0. The minimum absolute atomic E-state index is 0.187. The molecule has 6 rings (SSSR count). The fraction of sp³-hybridized carbons (Fsp3) is 0.472. The van der Waals surface area contributed by atoms with Gasteiger partial charge in [-0.2, -0.15) is 4.98 Å². The number of unbranched alkanes of at least 4 members (excludes halogenated alkanes) is 2. The number of thioether (sulfide) groups is 1. The van der Waals surface area contributed by atoms with Crippen LogP contribution in [-0.2, 0) is 6.42 Å². The maximum absolute atomic E-state index is 13.2. The predicted octanol–water partition coefficient (Wildman–Crippen LogP) is 6.71. The first kappa shape index (κ1) is 31.6. The summed E-state index contributed by atoms with van der Waals surface area (Å²) in [5.41, 5.74) is 10.5. The first-order valence-electron chi connectivity index (χ1n) is 16.7. The molecule has 0 bridgehead atoms. The number of likely N-dealkylation sites (tertiary alicyclic amines) is 1. The lowest BCUT2D eigenvalue weighted by Crippen LogP contribution is -2.37. The molecule has 4 atom stereocenters. The third-order valence-electron chi connectivity index (χ3n) is 9.57. The monoisotopic (exact) mass is 625 g/mol. The molecule has 9 heteroatoms. The van der Waals surface area contributed by atoms with Crippen LogP contribution in [0.3, 0.4) is 0 Å². The number of hydrogen-bond donors (Lipinski definition) is 4. The molecule has 2 aromatic heterocycles. The van der Waals surface area contributed by atoms with Crippen LogP contribution >= 0.6 is 11.8 Å². The van der Waals surface area contributed by atoms with Gasteiger partial charge >= 0.3 is 5.69 Å². The van der Waals surface area contributed by atoms with E-state index >= 15 is 0 Å². The van der Waals surface area contributed by atoms with Gasteiger partial charge in [-0.15, -0.1) is 0 Å². The number of hydrogen-bond acceptors (Lipinski definition) is 6. The molecule has 2 fully saturated rings. The topological polar surface area (TPSA) is 116 Å². The van der Waals surface area contributed by atoms with Crippen LogP contribution in [0.1, 0.15) is 87.2 Å². The van der Waals surface area contributed by atoms with Crippen LogP contribution in [0.2, 0.25) is 0 Å². The first-order valence-corrected chi connectivity index (χ1v) is 17.7. The number of nitrogens with one attached hydrogen (secondary N) is 3. The summed E-state index contributed by atoms with van der Waals surface area (Å²) in [7, 11) is 0. The third kappa shape index (κ3) is 7.88. The van der Waals surface area contributed by atoms with Gasteiger partial charge in [0, 0.05) is 41.7 Å². The number of fused-ring (bicyclic) bond motifs is 1. The highest BCUT2D eigenvalue weighted by molar-refractivity contribution is 8.13. The molecule has 0 unspecified atom stereocenters. The lowest BCUT2D eigenvalue weighted by atomic mass is 9.92. The van der Waals surface area contributed by atoms with Gasteiger partial charge in [0.2, 0.25) is 0 Å². The molecule has 0 amide bonds. The molecule has 0 saturated carbocycles. The Hall–Kier alpha value is -3.40. The summed E-state index contributed by atoms with van der Waals surface area (Å²) in [6.45, 7) is 4.45. The smallest absolute Gasteiger partial charge is 0.354 e. The molecular weight excluding hydrogens is 579 g/mol. The number of nitrogens with zero attached hydrogens (tertiary/aromatic N) is 3. The molecule has 2 saturated heterocycles. The summed E-state index contributed by atoms with van der Waals surface area (Å²) in [5, 5.41) is 12.4. The zero-order valence-electron chi connectivity index (χ0n) is 26.4. The second kappa shape index (κ2) is 14.8. The van der Waals surface area contributed by atoms with E-state index in [1.165, 1.54) is 48.6 Å². The van der Waals surface area contributed by atoms with Crippen molar-refractivity contribution in [3.05, 3.63) is 94.2 Å². The van der Waals surface area contributed by atoms with Crippen molar-refractivity contribution in [2.24, 2.45) is 11.7 Å². The van der Waals surface area contributed by atoms with Gasteiger partial charge in [-0.25, -0.2) is 4.79 Å². The van der Waals surface area contributed by atoms with Gasteiger partial charge in [-0.3, -0.25) is 14.9 Å². The van der Waals surface area contributed by atoms with E-state index in [1.807, 2.05) is 18.3 Å². The molecule has 2 aliphatic rings. The van der Waals surface area contributed by atoms with Gasteiger partial charge in [0.1, 0.15) is 5.65 Å². The number of rotatable bonds is 12. The van der Waals surface area contributed by atoms with Crippen LogP contribution < -0.4 is 16.7 Å². The van der Waals surface area contributed by atoms with Gasteiger partial charge in [0.05, 0.1) is 11.7 Å².